The van der Waals surface area contributed by atoms with Crippen LogP contribution in [0, 0.1) is 0 Å². The van der Waals surface area contributed by atoms with E-state index < -0.39 is 0 Å². The molecule has 6 nitrogen and oxygen atoms in total. The number of carbonyl (C=O) groups excluding carboxylic acids is 1. The third-order valence-corrected chi connectivity index (χ3v) is 5.53. The van der Waals surface area contributed by atoms with Crippen LogP contribution in [-0.2, 0) is 0 Å². The van der Waals surface area contributed by atoms with Crippen LogP contribution in [0.4, 0.5) is 5.69 Å². The lowest BCUT2D eigenvalue weighted by Crippen LogP contribution is -2.34. The van der Waals surface area contributed by atoms with E-state index in [0.717, 1.165) is 4.47 Å². The normalized spacial score (nSPS) is 10.9. The number of hydrogen-bond acceptors (Lipinski definition) is 5. The maximum Gasteiger partial charge on any atom is 0.257 e. The Morgan fingerprint density at radius 3 is 2.76 bits per heavy atom. The van der Waals surface area contributed by atoms with E-state index in [4.69, 9.17) is 33.0 Å². The second-order valence-electron chi connectivity index (χ2n) is 7.43. The molecule has 9 heteroatoms. The number of thiocarbonyl (C=S) groups is 1. The van der Waals surface area contributed by atoms with Gasteiger partial charge < -0.3 is 14.5 Å². The Bertz CT molecular complexity index is 1360. The Morgan fingerprint density at radius 1 is 1.15 bits per heavy atom. The van der Waals surface area contributed by atoms with Crippen molar-refractivity contribution in [3.05, 3.63) is 75.7 Å². The topological polar surface area (TPSA) is 76.4 Å². The fraction of sp³-hybridized carbons (Fsp3) is 0.125. The van der Waals surface area contributed by atoms with Crippen LogP contribution >= 0.6 is 39.7 Å². The number of fused-ring (bicyclic) bond motifs is 1. The van der Waals surface area contributed by atoms with Crippen LogP contribution in [0.3, 0.4) is 0 Å². The van der Waals surface area contributed by atoms with E-state index in [1.54, 1.807) is 48.5 Å². The van der Waals surface area contributed by atoms with Gasteiger partial charge in [0, 0.05) is 15.7 Å². The van der Waals surface area contributed by atoms with Crippen LogP contribution in [0.1, 0.15) is 24.2 Å². The summed E-state index contributed by atoms with van der Waals surface area (Å²) in [4.78, 5) is 17.1. The first-order chi connectivity index (χ1) is 15.8. The highest BCUT2D eigenvalue weighted by molar-refractivity contribution is 9.10. The molecule has 0 unspecified atom stereocenters. The Kier molecular flexibility index (Phi) is 6.97. The van der Waals surface area contributed by atoms with Crippen molar-refractivity contribution in [2.75, 3.05) is 5.32 Å². The Labute approximate surface area is 209 Å². The Hall–Kier alpha value is -2.94. The highest BCUT2D eigenvalue weighted by Crippen LogP contribution is 2.33. The number of aromatic nitrogens is 1. The largest absolute Gasteiger partial charge is 0.491 e. The van der Waals surface area contributed by atoms with Gasteiger partial charge in [-0.2, -0.15) is 0 Å². The minimum atomic E-state index is -0.337. The molecule has 4 rings (SSSR count). The van der Waals surface area contributed by atoms with Gasteiger partial charge in [-0.15, -0.1) is 0 Å². The number of nitrogens with one attached hydrogen (secondary N) is 2. The number of amides is 1. The first-order valence-corrected chi connectivity index (χ1v) is 11.6. The molecule has 33 heavy (non-hydrogen) atoms. The second-order valence-corrected chi connectivity index (χ2v) is 9.16. The average Bonchev–Trinajstić information content (AvgIpc) is 3.18. The number of hydrogen-bond donors (Lipinski definition) is 2. The fourth-order valence-corrected chi connectivity index (χ4v) is 3.87. The molecule has 3 aromatic carbocycles. The van der Waals surface area contributed by atoms with Crippen LogP contribution in [0.5, 0.6) is 5.75 Å². The van der Waals surface area contributed by atoms with Gasteiger partial charge in [0.25, 0.3) is 5.91 Å². The molecule has 0 spiro atoms. The van der Waals surface area contributed by atoms with Crippen molar-refractivity contribution in [1.82, 2.24) is 10.3 Å². The minimum Gasteiger partial charge on any atom is -0.491 e. The van der Waals surface area contributed by atoms with Crippen LogP contribution < -0.4 is 15.4 Å². The standard InChI is InChI=1S/C24H19BrClN3O3S/c1-13(2)31-17-5-3-4-14(10-17)22(30)29-24(33)27-16-7-9-21-20(12-16)28-23(32-21)18-11-15(25)6-8-19(18)26/h3-13H,1-2H3,(H2,27,29,30,33). The Morgan fingerprint density at radius 2 is 1.97 bits per heavy atom. The zero-order valence-corrected chi connectivity index (χ0v) is 20.8. The molecule has 1 amide bonds. The van der Waals surface area contributed by atoms with E-state index in [-0.39, 0.29) is 17.1 Å². The molecule has 2 N–H and O–H groups in total. The summed E-state index contributed by atoms with van der Waals surface area (Å²) in [6.45, 7) is 3.85. The predicted octanol–water partition coefficient (Wildman–Crippen LogP) is 6.82. The fourth-order valence-electron chi connectivity index (χ4n) is 3.10. The molecule has 168 valence electrons. The molecule has 0 aliphatic rings. The van der Waals surface area contributed by atoms with Crippen LogP contribution in [-0.4, -0.2) is 22.1 Å². The molecule has 0 saturated carbocycles. The number of benzene rings is 3. The van der Waals surface area contributed by atoms with Crippen LogP contribution in [0.15, 0.2) is 69.6 Å². The number of halogens is 2. The number of carbonyl (C=O) groups is 1. The third kappa shape index (κ3) is 5.71. The van der Waals surface area contributed by atoms with E-state index in [1.807, 2.05) is 26.0 Å². The zero-order chi connectivity index (χ0) is 23.5. The third-order valence-electron chi connectivity index (χ3n) is 4.50. The summed E-state index contributed by atoms with van der Waals surface area (Å²) in [5.74, 6) is 0.693. The molecule has 4 aromatic rings. The number of anilines is 1. The summed E-state index contributed by atoms with van der Waals surface area (Å²) < 4.78 is 12.4. The highest BCUT2D eigenvalue weighted by atomic mass is 79.9. The molecule has 1 heterocycles. The lowest BCUT2D eigenvalue weighted by Gasteiger charge is -2.12. The minimum absolute atomic E-state index is 0.0115. The molecular formula is C24H19BrClN3O3S. The first-order valence-electron chi connectivity index (χ1n) is 10.0. The summed E-state index contributed by atoms with van der Waals surface area (Å²) in [6.07, 6.45) is 0.0115. The van der Waals surface area contributed by atoms with Crippen molar-refractivity contribution in [1.29, 1.82) is 0 Å². The van der Waals surface area contributed by atoms with Gasteiger partial charge in [0.1, 0.15) is 11.3 Å². The maximum absolute atomic E-state index is 12.6. The van der Waals surface area contributed by atoms with Gasteiger partial charge in [-0.1, -0.05) is 33.6 Å². The molecule has 0 aliphatic heterocycles. The molecule has 0 atom stereocenters. The van der Waals surface area contributed by atoms with Gasteiger partial charge in [-0.3, -0.25) is 10.1 Å². The number of rotatable bonds is 5. The van der Waals surface area contributed by atoms with Gasteiger partial charge in [0.05, 0.1) is 16.7 Å². The summed E-state index contributed by atoms with van der Waals surface area (Å²) in [5, 5.41) is 6.38. The summed E-state index contributed by atoms with van der Waals surface area (Å²) in [5.41, 5.74) is 3.01. The van der Waals surface area contributed by atoms with Crippen molar-refractivity contribution in [2.45, 2.75) is 20.0 Å². The SMILES string of the molecule is CC(C)Oc1cccc(C(=O)NC(=S)Nc2ccc3oc(-c4cc(Br)ccc4Cl)nc3c2)c1. The van der Waals surface area contributed by atoms with E-state index in [9.17, 15) is 4.79 Å². The van der Waals surface area contributed by atoms with Crippen molar-refractivity contribution in [3.8, 4) is 17.2 Å². The lowest BCUT2D eigenvalue weighted by atomic mass is 10.2. The molecule has 0 saturated heterocycles. The highest BCUT2D eigenvalue weighted by Gasteiger charge is 2.14. The van der Waals surface area contributed by atoms with E-state index in [2.05, 4.69) is 31.5 Å². The quantitative estimate of drug-likeness (QED) is 0.268. The lowest BCUT2D eigenvalue weighted by molar-refractivity contribution is 0.0977. The predicted molar refractivity (Wildman–Crippen MR) is 138 cm³/mol. The molecule has 0 aliphatic carbocycles. The van der Waals surface area contributed by atoms with Gasteiger partial charge in [-0.25, -0.2) is 4.98 Å². The summed E-state index contributed by atoms with van der Waals surface area (Å²) >= 11 is 15.0. The zero-order valence-electron chi connectivity index (χ0n) is 17.7. The van der Waals surface area contributed by atoms with Crippen molar-refractivity contribution in [3.63, 3.8) is 0 Å². The second kappa shape index (κ2) is 9.91. The van der Waals surface area contributed by atoms with E-state index in [0.29, 0.717) is 44.6 Å². The summed E-state index contributed by atoms with van der Waals surface area (Å²) in [7, 11) is 0. The molecular weight excluding hydrogens is 526 g/mol. The van der Waals surface area contributed by atoms with Crippen molar-refractivity contribution < 1.29 is 13.9 Å². The first kappa shape index (κ1) is 23.2. The molecule has 0 radical (unpaired) electrons. The van der Waals surface area contributed by atoms with Gasteiger partial charge in [0.2, 0.25) is 5.89 Å². The van der Waals surface area contributed by atoms with E-state index in [1.165, 1.54) is 0 Å². The monoisotopic (exact) mass is 543 g/mol. The van der Waals surface area contributed by atoms with Gasteiger partial charge in [0.15, 0.2) is 10.7 Å². The number of oxazole rings is 1. The van der Waals surface area contributed by atoms with Crippen LogP contribution in [0.2, 0.25) is 5.02 Å². The van der Waals surface area contributed by atoms with E-state index >= 15 is 0 Å². The van der Waals surface area contributed by atoms with Crippen molar-refractivity contribution >= 4 is 67.6 Å². The number of nitrogens with zero attached hydrogens (tertiary/aromatic N) is 1. The van der Waals surface area contributed by atoms with Gasteiger partial charge in [-0.05, 0) is 80.7 Å². The summed E-state index contributed by atoms with van der Waals surface area (Å²) in [6, 6.07) is 17.7. The smallest absolute Gasteiger partial charge is 0.257 e. The molecule has 0 fully saturated rings. The van der Waals surface area contributed by atoms with Crippen molar-refractivity contribution in [2.24, 2.45) is 0 Å². The molecule has 0 bridgehead atoms. The molecule has 1 aromatic heterocycles. The maximum atomic E-state index is 12.6. The average molecular weight is 545 g/mol. The van der Waals surface area contributed by atoms with Gasteiger partial charge >= 0.3 is 0 Å². The number of ether oxygens (including phenoxy) is 1. The Balaban J connectivity index is 1.47. The van der Waals surface area contributed by atoms with Crippen LogP contribution in [0.25, 0.3) is 22.6 Å².